The molecule has 1 aromatic carbocycles. The Morgan fingerprint density at radius 3 is 2.89 bits per heavy atom. The number of rotatable bonds is 4. The van der Waals surface area contributed by atoms with Crippen LogP contribution in [0.4, 0.5) is 5.69 Å². The second-order valence-corrected chi connectivity index (χ2v) is 7.43. The number of H-pyrrole nitrogens is 1. The van der Waals surface area contributed by atoms with Crippen molar-refractivity contribution in [3.8, 4) is 11.3 Å². The van der Waals surface area contributed by atoms with E-state index in [1.165, 1.54) is 18.7 Å². The lowest BCUT2D eigenvalue weighted by Gasteiger charge is -2.29. The van der Waals surface area contributed by atoms with Crippen LogP contribution in [0.3, 0.4) is 0 Å². The lowest BCUT2D eigenvalue weighted by molar-refractivity contribution is -0.761. The molecule has 0 spiro atoms. The third-order valence-electron chi connectivity index (χ3n) is 4.39. The Labute approximate surface area is 165 Å². The van der Waals surface area contributed by atoms with Crippen LogP contribution in [0.2, 0.25) is 0 Å². The Hall–Kier alpha value is -3.13. The van der Waals surface area contributed by atoms with Gasteiger partial charge in [-0.3, -0.25) is 14.6 Å². The molecule has 1 atom stereocenters. The van der Waals surface area contributed by atoms with Crippen molar-refractivity contribution >= 4 is 29.4 Å². The van der Waals surface area contributed by atoms with E-state index < -0.39 is 6.17 Å². The molecule has 4 rings (SSSR count). The van der Waals surface area contributed by atoms with Crippen molar-refractivity contribution in [2.75, 3.05) is 10.7 Å². The number of thioether (sulfide) groups is 1. The molecule has 3 heterocycles. The van der Waals surface area contributed by atoms with Crippen LogP contribution < -0.4 is 15.1 Å². The zero-order valence-electron chi connectivity index (χ0n) is 15.5. The summed E-state index contributed by atoms with van der Waals surface area (Å²) < 4.78 is 6.98. The van der Waals surface area contributed by atoms with Gasteiger partial charge in [0.15, 0.2) is 0 Å². The van der Waals surface area contributed by atoms with E-state index >= 15 is 0 Å². The molecular formula is C20H19N4O3S+. The average Bonchev–Trinajstić information content (AvgIpc) is 3.19. The van der Waals surface area contributed by atoms with Gasteiger partial charge in [0.05, 0.1) is 17.5 Å². The third-order valence-corrected chi connectivity index (χ3v) is 5.14. The van der Waals surface area contributed by atoms with Gasteiger partial charge < -0.3 is 4.42 Å². The maximum Gasteiger partial charge on any atom is 0.325 e. The fraction of sp³-hybridized carbons (Fsp3) is 0.200. The number of fused-ring (bicyclic) bond motifs is 3. The number of nitrogens with one attached hydrogen (secondary N) is 1. The molecule has 1 aliphatic heterocycles. The van der Waals surface area contributed by atoms with E-state index in [2.05, 4.69) is 10.1 Å². The number of amides is 1. The van der Waals surface area contributed by atoms with Crippen LogP contribution in [0, 0.1) is 0 Å². The highest BCUT2D eigenvalue weighted by molar-refractivity contribution is 7.99. The molecule has 2 aromatic heterocycles. The number of hydrogen-bond acceptors (Lipinski definition) is 5. The largest absolute Gasteiger partial charge is 0.465 e. The van der Waals surface area contributed by atoms with Crippen LogP contribution in [0.15, 0.2) is 63.1 Å². The van der Waals surface area contributed by atoms with Crippen LogP contribution in [0.5, 0.6) is 0 Å². The standard InChI is InChI=1S/C20H18N4O3S/c1-3-28-20-21-19(26)18-15-8-4-5-9-16(15)23(13(2)25)17(24(18)22-20)11-10-14-7-6-12-27-14/h4-12,17H,3H2,1-2H3/p+1/b11-10+/t17-/m0/s1. The summed E-state index contributed by atoms with van der Waals surface area (Å²) in [7, 11) is 0. The van der Waals surface area contributed by atoms with Gasteiger partial charge in [-0.05, 0) is 40.8 Å². The molecule has 0 bridgehead atoms. The first-order valence-electron chi connectivity index (χ1n) is 8.90. The van der Waals surface area contributed by atoms with Crippen LogP contribution in [0.1, 0.15) is 25.8 Å². The van der Waals surface area contributed by atoms with Gasteiger partial charge in [-0.1, -0.05) is 30.8 Å². The van der Waals surface area contributed by atoms with Crippen LogP contribution >= 0.6 is 11.8 Å². The van der Waals surface area contributed by atoms with Gasteiger partial charge >= 0.3 is 11.3 Å². The van der Waals surface area contributed by atoms with E-state index in [1.807, 2.05) is 43.3 Å². The number of para-hydroxylation sites is 1. The SMILES string of the molecule is CCSc1n[n+]2c(c(=O)[nH]1)-c1ccccc1N(C(C)=O)[C@@H]2/C=C/c1ccco1. The summed E-state index contributed by atoms with van der Waals surface area (Å²) in [5, 5.41) is 5.13. The van der Waals surface area contributed by atoms with Crippen molar-refractivity contribution in [3.63, 3.8) is 0 Å². The third kappa shape index (κ3) is 3.16. The number of hydrogen-bond donors (Lipinski definition) is 1. The molecular weight excluding hydrogens is 376 g/mol. The van der Waals surface area contributed by atoms with Crippen LogP contribution in [-0.2, 0) is 4.79 Å². The Kier molecular flexibility index (Phi) is 4.87. The number of carbonyl (C=O) groups is 1. The summed E-state index contributed by atoms with van der Waals surface area (Å²) in [6.45, 7) is 3.49. The monoisotopic (exact) mass is 395 g/mol. The Morgan fingerprint density at radius 2 is 2.18 bits per heavy atom. The van der Waals surface area contributed by atoms with Crippen molar-refractivity contribution in [3.05, 3.63) is 64.9 Å². The van der Waals surface area contributed by atoms with E-state index in [9.17, 15) is 9.59 Å². The Bertz CT molecular complexity index is 1100. The number of anilines is 1. The molecule has 1 aliphatic rings. The highest BCUT2D eigenvalue weighted by Gasteiger charge is 2.42. The van der Waals surface area contributed by atoms with E-state index in [4.69, 9.17) is 4.42 Å². The zero-order chi connectivity index (χ0) is 19.7. The van der Waals surface area contributed by atoms with E-state index in [0.29, 0.717) is 27.9 Å². The average molecular weight is 395 g/mol. The number of aromatic amines is 1. The lowest BCUT2D eigenvalue weighted by Crippen LogP contribution is -2.59. The minimum absolute atomic E-state index is 0.147. The highest BCUT2D eigenvalue weighted by Crippen LogP contribution is 2.35. The molecule has 0 unspecified atom stereocenters. The maximum atomic E-state index is 12.9. The predicted molar refractivity (Wildman–Crippen MR) is 107 cm³/mol. The number of furan rings is 1. The normalized spacial score (nSPS) is 15.5. The second kappa shape index (κ2) is 7.47. The maximum absolute atomic E-state index is 12.9. The van der Waals surface area contributed by atoms with Gasteiger partial charge in [0.1, 0.15) is 5.76 Å². The van der Waals surface area contributed by atoms with Gasteiger partial charge in [-0.2, -0.15) is 0 Å². The molecule has 7 nitrogen and oxygen atoms in total. The first kappa shape index (κ1) is 18.2. The topological polar surface area (TPSA) is 83.1 Å². The lowest BCUT2D eigenvalue weighted by atomic mass is 10.0. The zero-order valence-corrected chi connectivity index (χ0v) is 16.3. The molecule has 1 amide bonds. The Morgan fingerprint density at radius 1 is 1.36 bits per heavy atom. The number of aromatic nitrogens is 3. The summed E-state index contributed by atoms with van der Waals surface area (Å²) in [5.41, 5.74) is 1.52. The summed E-state index contributed by atoms with van der Waals surface area (Å²) >= 11 is 1.44. The predicted octanol–water partition coefficient (Wildman–Crippen LogP) is 3.01. The second-order valence-electron chi connectivity index (χ2n) is 6.18. The summed E-state index contributed by atoms with van der Waals surface area (Å²) in [6.07, 6.45) is 4.58. The van der Waals surface area contributed by atoms with Gasteiger partial charge in [-0.25, -0.2) is 4.90 Å². The fourth-order valence-electron chi connectivity index (χ4n) is 3.30. The molecule has 0 saturated heterocycles. The van der Waals surface area contributed by atoms with Crippen molar-refractivity contribution < 1.29 is 13.9 Å². The van der Waals surface area contributed by atoms with E-state index in [0.717, 1.165) is 5.75 Å². The quantitative estimate of drug-likeness (QED) is 0.542. The molecule has 8 heteroatoms. The molecule has 0 aliphatic carbocycles. The van der Waals surface area contributed by atoms with Gasteiger partial charge in [-0.15, -0.1) is 0 Å². The molecule has 142 valence electrons. The minimum Gasteiger partial charge on any atom is -0.465 e. The minimum atomic E-state index is -0.592. The van der Waals surface area contributed by atoms with Crippen molar-refractivity contribution in [1.29, 1.82) is 0 Å². The van der Waals surface area contributed by atoms with Gasteiger partial charge in [0.2, 0.25) is 11.1 Å². The first-order valence-corrected chi connectivity index (χ1v) is 9.88. The highest BCUT2D eigenvalue weighted by atomic mass is 32.2. The van der Waals surface area contributed by atoms with E-state index in [1.54, 1.807) is 28.0 Å². The van der Waals surface area contributed by atoms with Gasteiger partial charge in [0, 0.05) is 18.1 Å². The summed E-state index contributed by atoms with van der Waals surface area (Å²) in [4.78, 5) is 30.0. The molecule has 0 saturated carbocycles. The van der Waals surface area contributed by atoms with E-state index in [-0.39, 0.29) is 11.5 Å². The molecule has 0 radical (unpaired) electrons. The summed E-state index contributed by atoms with van der Waals surface area (Å²) in [5.74, 6) is 1.27. The Balaban J connectivity index is 1.96. The number of nitrogens with zero attached hydrogens (tertiary/aromatic N) is 3. The van der Waals surface area contributed by atoms with Crippen molar-refractivity contribution in [2.45, 2.75) is 25.2 Å². The van der Waals surface area contributed by atoms with Crippen LogP contribution in [0.25, 0.3) is 17.3 Å². The first-order chi connectivity index (χ1) is 13.6. The molecule has 1 N–H and O–H groups in total. The van der Waals surface area contributed by atoms with Gasteiger partial charge in [0.25, 0.3) is 6.17 Å². The molecule has 3 aromatic rings. The van der Waals surface area contributed by atoms with Crippen molar-refractivity contribution in [2.24, 2.45) is 0 Å². The molecule has 0 fully saturated rings. The van der Waals surface area contributed by atoms with Crippen molar-refractivity contribution in [1.82, 2.24) is 10.1 Å². The number of carbonyl (C=O) groups excluding carboxylic acids is 1. The smallest absolute Gasteiger partial charge is 0.325 e. The van der Waals surface area contributed by atoms with Crippen LogP contribution in [-0.4, -0.2) is 21.7 Å². The number of benzene rings is 1. The molecule has 28 heavy (non-hydrogen) atoms. The fourth-order valence-corrected chi connectivity index (χ4v) is 3.88. The summed E-state index contributed by atoms with van der Waals surface area (Å²) in [6, 6.07) is 11.0.